The van der Waals surface area contributed by atoms with Crippen molar-refractivity contribution in [2.45, 2.75) is 19.5 Å². The number of aromatic nitrogens is 1. The maximum absolute atomic E-state index is 9.06. The number of benzene rings is 1. The minimum atomic E-state index is 0.0341. The second kappa shape index (κ2) is 5.59. The molecule has 0 aliphatic rings. The maximum Gasteiger partial charge on any atom is 0.136 e. The summed E-state index contributed by atoms with van der Waals surface area (Å²) >= 11 is 0. The summed E-state index contributed by atoms with van der Waals surface area (Å²) in [5, 5.41) is 9.06. The van der Waals surface area contributed by atoms with E-state index < -0.39 is 0 Å². The van der Waals surface area contributed by atoms with Crippen LogP contribution in [0.4, 0.5) is 0 Å². The predicted molar refractivity (Wildman–Crippen MR) is 73.8 cm³/mol. The van der Waals surface area contributed by atoms with E-state index in [0.717, 1.165) is 11.1 Å². The molecule has 19 heavy (non-hydrogen) atoms. The van der Waals surface area contributed by atoms with Crippen molar-refractivity contribution < 1.29 is 4.74 Å². The van der Waals surface area contributed by atoms with Gasteiger partial charge in [0.2, 0.25) is 0 Å². The van der Waals surface area contributed by atoms with Crippen LogP contribution in [0, 0.1) is 11.3 Å². The number of rotatable bonds is 4. The van der Waals surface area contributed by atoms with E-state index in [1.807, 2.05) is 43.6 Å². The summed E-state index contributed by atoms with van der Waals surface area (Å²) in [5.74, 6) is 0.607. The lowest BCUT2D eigenvalue weighted by Gasteiger charge is -2.07. The highest BCUT2D eigenvalue weighted by Gasteiger charge is 2.05. The predicted octanol–water partition coefficient (Wildman–Crippen LogP) is 2.44. The number of nitrogens with two attached hydrogens (primary N) is 1. The van der Waals surface area contributed by atoms with Crippen molar-refractivity contribution in [2.24, 2.45) is 5.73 Å². The van der Waals surface area contributed by atoms with E-state index in [1.165, 1.54) is 0 Å². The van der Waals surface area contributed by atoms with Crippen LogP contribution in [0.5, 0.6) is 5.75 Å². The minimum absolute atomic E-state index is 0.0341. The summed E-state index contributed by atoms with van der Waals surface area (Å²) in [4.78, 5) is 0. The Balaban J connectivity index is 2.21. The van der Waals surface area contributed by atoms with E-state index in [1.54, 1.807) is 7.11 Å². The fourth-order valence-electron chi connectivity index (χ4n) is 1.98. The largest absolute Gasteiger partial charge is 0.495 e. The van der Waals surface area contributed by atoms with Gasteiger partial charge in [0.15, 0.2) is 0 Å². The van der Waals surface area contributed by atoms with Gasteiger partial charge in [-0.25, -0.2) is 0 Å². The van der Waals surface area contributed by atoms with Crippen LogP contribution in [0.3, 0.4) is 0 Å². The molecular weight excluding hydrogens is 238 g/mol. The quantitative estimate of drug-likeness (QED) is 0.912. The smallest absolute Gasteiger partial charge is 0.136 e. The van der Waals surface area contributed by atoms with Gasteiger partial charge in [0.05, 0.1) is 12.7 Å². The topological polar surface area (TPSA) is 64.0 Å². The van der Waals surface area contributed by atoms with Crippen LogP contribution in [0.2, 0.25) is 0 Å². The Hall–Kier alpha value is -2.25. The van der Waals surface area contributed by atoms with Crippen molar-refractivity contribution in [2.75, 3.05) is 7.11 Å². The van der Waals surface area contributed by atoms with Crippen LogP contribution in [-0.2, 0) is 6.54 Å². The zero-order valence-corrected chi connectivity index (χ0v) is 11.1. The molecule has 0 radical (unpaired) electrons. The highest BCUT2D eigenvalue weighted by atomic mass is 16.5. The Bertz CT molecular complexity index is 608. The third kappa shape index (κ3) is 2.95. The van der Waals surface area contributed by atoms with Crippen molar-refractivity contribution in [1.82, 2.24) is 4.57 Å². The van der Waals surface area contributed by atoms with E-state index in [2.05, 4.69) is 10.6 Å². The van der Waals surface area contributed by atoms with Crippen molar-refractivity contribution in [1.29, 1.82) is 5.26 Å². The molecule has 0 aliphatic heterocycles. The zero-order chi connectivity index (χ0) is 13.8. The maximum atomic E-state index is 9.06. The molecule has 2 aromatic rings. The zero-order valence-electron chi connectivity index (χ0n) is 11.1. The van der Waals surface area contributed by atoms with Crippen molar-refractivity contribution in [3.63, 3.8) is 0 Å². The van der Waals surface area contributed by atoms with Gasteiger partial charge in [-0.2, -0.15) is 5.26 Å². The lowest BCUT2D eigenvalue weighted by Crippen LogP contribution is -2.04. The Morgan fingerprint density at radius 1 is 1.42 bits per heavy atom. The van der Waals surface area contributed by atoms with Gasteiger partial charge >= 0.3 is 0 Å². The molecule has 0 saturated carbocycles. The Morgan fingerprint density at radius 3 is 2.79 bits per heavy atom. The number of ether oxygens (including phenoxy) is 1. The Labute approximate surface area is 113 Å². The third-order valence-corrected chi connectivity index (χ3v) is 3.05. The molecule has 0 spiro atoms. The molecule has 0 saturated heterocycles. The fraction of sp³-hybridized carbons (Fsp3) is 0.267. The van der Waals surface area contributed by atoms with Crippen LogP contribution in [-0.4, -0.2) is 11.7 Å². The molecule has 0 fully saturated rings. The molecule has 1 unspecified atom stereocenters. The monoisotopic (exact) mass is 255 g/mol. The molecule has 1 aromatic carbocycles. The van der Waals surface area contributed by atoms with Gasteiger partial charge in [-0.15, -0.1) is 0 Å². The summed E-state index contributed by atoms with van der Waals surface area (Å²) in [6.07, 6.45) is 4.02. The first-order chi connectivity index (χ1) is 9.13. The van der Waals surface area contributed by atoms with Gasteiger partial charge < -0.3 is 15.0 Å². The fourth-order valence-corrected chi connectivity index (χ4v) is 1.98. The molecule has 1 aromatic heterocycles. The minimum Gasteiger partial charge on any atom is -0.495 e. The first-order valence-electron chi connectivity index (χ1n) is 6.12. The second-order valence-corrected chi connectivity index (χ2v) is 4.55. The van der Waals surface area contributed by atoms with Gasteiger partial charge in [0.1, 0.15) is 11.8 Å². The van der Waals surface area contributed by atoms with E-state index in [4.69, 9.17) is 15.7 Å². The SMILES string of the molecule is COc1ccc(Cn2ccc(C(C)N)c2)cc1C#N. The van der Waals surface area contributed by atoms with E-state index in [0.29, 0.717) is 17.9 Å². The molecule has 1 heterocycles. The molecular formula is C15H17N3O. The average Bonchev–Trinajstić information content (AvgIpc) is 2.87. The molecule has 0 bridgehead atoms. The van der Waals surface area contributed by atoms with Crippen molar-refractivity contribution in [3.8, 4) is 11.8 Å². The first-order valence-corrected chi connectivity index (χ1v) is 6.12. The molecule has 1 atom stereocenters. The number of hydrogen-bond donors (Lipinski definition) is 1. The van der Waals surface area contributed by atoms with Gasteiger partial charge in [0, 0.05) is 25.0 Å². The molecule has 2 N–H and O–H groups in total. The number of hydrogen-bond acceptors (Lipinski definition) is 3. The highest BCUT2D eigenvalue weighted by molar-refractivity contribution is 5.45. The number of nitrogens with zero attached hydrogens (tertiary/aromatic N) is 2. The van der Waals surface area contributed by atoms with Crippen molar-refractivity contribution >= 4 is 0 Å². The van der Waals surface area contributed by atoms with Crippen LogP contribution in [0.15, 0.2) is 36.7 Å². The highest BCUT2D eigenvalue weighted by Crippen LogP contribution is 2.20. The lowest BCUT2D eigenvalue weighted by molar-refractivity contribution is 0.413. The van der Waals surface area contributed by atoms with Crippen LogP contribution in [0.25, 0.3) is 0 Å². The standard InChI is InChI=1S/C15H17N3O/c1-11(17)13-5-6-18(10-13)9-12-3-4-15(19-2)14(7-12)8-16/h3-7,10-11H,9,17H2,1-2H3. The van der Waals surface area contributed by atoms with E-state index >= 15 is 0 Å². The van der Waals surface area contributed by atoms with Gasteiger partial charge in [0.25, 0.3) is 0 Å². The molecule has 2 rings (SSSR count). The normalized spacial score (nSPS) is 11.9. The third-order valence-electron chi connectivity index (χ3n) is 3.05. The van der Waals surface area contributed by atoms with E-state index in [9.17, 15) is 0 Å². The molecule has 0 aliphatic carbocycles. The van der Waals surface area contributed by atoms with Crippen molar-refractivity contribution in [3.05, 3.63) is 53.3 Å². The summed E-state index contributed by atoms with van der Waals surface area (Å²) in [6.45, 7) is 2.67. The molecule has 4 heteroatoms. The summed E-state index contributed by atoms with van der Waals surface area (Å²) < 4.78 is 7.19. The summed E-state index contributed by atoms with van der Waals surface area (Å²) in [7, 11) is 1.57. The summed E-state index contributed by atoms with van der Waals surface area (Å²) in [6, 6.07) is 9.83. The first kappa shape index (κ1) is 13.2. The Kier molecular flexibility index (Phi) is 3.88. The average molecular weight is 255 g/mol. The molecule has 98 valence electrons. The summed E-state index contributed by atoms with van der Waals surface area (Å²) in [5.41, 5.74) is 8.55. The number of nitriles is 1. The Morgan fingerprint density at radius 2 is 2.21 bits per heavy atom. The van der Waals surface area contributed by atoms with Crippen LogP contribution in [0.1, 0.15) is 29.7 Å². The van der Waals surface area contributed by atoms with Gasteiger partial charge in [-0.05, 0) is 36.2 Å². The molecule has 4 nitrogen and oxygen atoms in total. The van der Waals surface area contributed by atoms with Gasteiger partial charge in [-0.3, -0.25) is 0 Å². The van der Waals surface area contributed by atoms with Crippen LogP contribution < -0.4 is 10.5 Å². The second-order valence-electron chi connectivity index (χ2n) is 4.55. The van der Waals surface area contributed by atoms with E-state index in [-0.39, 0.29) is 6.04 Å². The van der Waals surface area contributed by atoms with Crippen LogP contribution >= 0.6 is 0 Å². The molecule has 0 amide bonds. The number of methoxy groups -OCH3 is 1. The van der Waals surface area contributed by atoms with Gasteiger partial charge in [-0.1, -0.05) is 6.07 Å². The lowest BCUT2D eigenvalue weighted by atomic mass is 10.1.